The van der Waals surface area contributed by atoms with E-state index in [2.05, 4.69) is 4.99 Å². The van der Waals surface area contributed by atoms with Crippen molar-refractivity contribution in [2.75, 3.05) is 13.2 Å². The molecular formula is C28H43FN4O8. The van der Waals surface area contributed by atoms with Crippen molar-refractivity contribution in [1.82, 2.24) is 0 Å². The number of rotatable bonds is 16. The smallest absolute Gasteiger partial charge is 0.320 e. The topological polar surface area (TPSA) is 235 Å². The molecule has 1 aliphatic rings. The highest BCUT2D eigenvalue weighted by Crippen LogP contribution is 2.36. The molecule has 0 spiro atoms. The summed E-state index contributed by atoms with van der Waals surface area (Å²) in [6.07, 6.45) is 7.68. The van der Waals surface area contributed by atoms with Crippen LogP contribution in [0, 0.1) is 17.7 Å². The van der Waals surface area contributed by atoms with E-state index in [9.17, 15) is 29.3 Å². The second-order valence-electron chi connectivity index (χ2n) is 9.69. The SMILES string of the molecule is NC(N)=NCCC[C@H](N)C(=O)O.O=C(O)CCC/C=C\C[C@@H]1[C@@H](/C=C/[C@@H](O)COc2ccccc2F)[C@H](O)C[C@@H]1O. The number of guanidine groups is 1. The molecule has 1 aromatic carbocycles. The van der Waals surface area contributed by atoms with E-state index in [4.69, 9.17) is 32.2 Å². The van der Waals surface area contributed by atoms with Gasteiger partial charge in [-0.15, -0.1) is 0 Å². The summed E-state index contributed by atoms with van der Waals surface area (Å²) in [6.45, 7) is 0.292. The van der Waals surface area contributed by atoms with Crippen LogP contribution in [0.2, 0.25) is 0 Å². The van der Waals surface area contributed by atoms with Crippen LogP contribution < -0.4 is 21.9 Å². The number of aliphatic carboxylic acids is 2. The van der Waals surface area contributed by atoms with Crippen LogP contribution >= 0.6 is 0 Å². The first kappa shape index (κ1) is 35.5. The molecule has 0 unspecified atom stereocenters. The highest BCUT2D eigenvalue weighted by atomic mass is 19.1. The lowest BCUT2D eigenvalue weighted by Crippen LogP contribution is -2.30. The third-order valence-electron chi connectivity index (χ3n) is 6.34. The molecule has 1 aliphatic carbocycles. The van der Waals surface area contributed by atoms with Crippen LogP contribution in [0.15, 0.2) is 53.6 Å². The van der Waals surface area contributed by atoms with Crippen molar-refractivity contribution in [2.45, 2.75) is 69.3 Å². The third kappa shape index (κ3) is 15.2. The molecule has 13 heteroatoms. The zero-order valence-corrected chi connectivity index (χ0v) is 23.0. The number of aliphatic imine (C=N–C) groups is 1. The number of nitrogens with zero attached hydrogens (tertiary/aromatic N) is 1. The number of hydrogen-bond acceptors (Lipinski definition) is 8. The molecule has 41 heavy (non-hydrogen) atoms. The Kier molecular flexibility index (Phi) is 16.9. The van der Waals surface area contributed by atoms with Crippen LogP contribution in [0.25, 0.3) is 0 Å². The predicted octanol–water partition coefficient (Wildman–Crippen LogP) is 1.13. The van der Waals surface area contributed by atoms with Crippen LogP contribution in [-0.2, 0) is 9.59 Å². The van der Waals surface area contributed by atoms with E-state index in [1.807, 2.05) is 12.2 Å². The molecule has 0 bridgehead atoms. The Morgan fingerprint density at radius 3 is 2.46 bits per heavy atom. The fraction of sp³-hybridized carbons (Fsp3) is 0.536. The maximum atomic E-state index is 13.5. The van der Waals surface area contributed by atoms with Gasteiger partial charge in [0.15, 0.2) is 17.5 Å². The number of ether oxygens (including phenoxy) is 1. The Bertz CT molecular complexity index is 1020. The van der Waals surface area contributed by atoms with E-state index in [-0.39, 0.29) is 43.0 Å². The van der Waals surface area contributed by atoms with Crippen LogP contribution in [-0.4, -0.2) is 80.9 Å². The van der Waals surface area contributed by atoms with Crippen molar-refractivity contribution in [3.63, 3.8) is 0 Å². The minimum absolute atomic E-state index is 0.0129. The molecule has 12 nitrogen and oxygen atoms in total. The van der Waals surface area contributed by atoms with Crippen LogP contribution in [0.4, 0.5) is 4.39 Å². The molecule has 1 fully saturated rings. The zero-order chi connectivity index (χ0) is 30.8. The van der Waals surface area contributed by atoms with Gasteiger partial charge in [0.25, 0.3) is 0 Å². The summed E-state index contributed by atoms with van der Waals surface area (Å²) in [6, 6.07) is 5.11. The van der Waals surface area contributed by atoms with Gasteiger partial charge in [0.05, 0.1) is 12.2 Å². The van der Waals surface area contributed by atoms with Crippen molar-refractivity contribution < 1.29 is 44.2 Å². The molecule has 1 aromatic rings. The molecule has 0 aromatic heterocycles. The Morgan fingerprint density at radius 2 is 1.83 bits per heavy atom. The van der Waals surface area contributed by atoms with Gasteiger partial charge in [-0.05, 0) is 50.2 Å². The number of para-hydroxylation sites is 1. The van der Waals surface area contributed by atoms with Gasteiger partial charge in [0.2, 0.25) is 0 Å². The summed E-state index contributed by atoms with van der Waals surface area (Å²) in [7, 11) is 0. The molecule has 2 rings (SSSR count). The molecule has 0 heterocycles. The van der Waals surface area contributed by atoms with E-state index in [0.29, 0.717) is 38.6 Å². The van der Waals surface area contributed by atoms with Gasteiger partial charge < -0.3 is 47.5 Å². The van der Waals surface area contributed by atoms with Gasteiger partial charge in [0, 0.05) is 25.3 Å². The maximum absolute atomic E-state index is 13.5. The molecule has 0 amide bonds. The van der Waals surface area contributed by atoms with Gasteiger partial charge >= 0.3 is 11.9 Å². The lowest BCUT2D eigenvalue weighted by atomic mass is 9.89. The quantitative estimate of drug-likeness (QED) is 0.0595. The summed E-state index contributed by atoms with van der Waals surface area (Å²) >= 11 is 0. The first-order valence-corrected chi connectivity index (χ1v) is 13.4. The van der Waals surface area contributed by atoms with E-state index in [1.54, 1.807) is 18.2 Å². The van der Waals surface area contributed by atoms with Gasteiger partial charge in [-0.1, -0.05) is 36.4 Å². The Balaban J connectivity index is 0.000000590. The highest BCUT2D eigenvalue weighted by molar-refractivity contribution is 5.75. The van der Waals surface area contributed by atoms with Crippen molar-refractivity contribution in [3.8, 4) is 5.75 Å². The van der Waals surface area contributed by atoms with Crippen molar-refractivity contribution in [3.05, 3.63) is 54.4 Å². The summed E-state index contributed by atoms with van der Waals surface area (Å²) in [5.74, 6) is -2.78. The van der Waals surface area contributed by atoms with Crippen LogP contribution in [0.5, 0.6) is 5.75 Å². The summed E-state index contributed by atoms with van der Waals surface area (Å²) < 4.78 is 18.8. The van der Waals surface area contributed by atoms with Gasteiger partial charge in [-0.25, -0.2) is 4.39 Å². The largest absolute Gasteiger partial charge is 0.487 e. The minimum atomic E-state index is -1.00. The second kappa shape index (κ2) is 19.5. The standard InChI is InChI=1S/C22H29FO6.C6H14N4O2/c23-18-8-5-6-9-21(18)29-14-15(24)11-12-17-16(19(25)13-20(17)26)7-3-1-2-4-10-22(27)28;7-4(5(11)12)2-1-3-10-6(8)9/h1,3,5-6,8-9,11-12,15-17,19-20,24-26H,2,4,7,10,13-14H2,(H,27,28);4H,1-3,7H2,(H,11,12)(H4,8,9,10)/b3-1-,12-11+;/t15-,16-,17-,19+,20-;4-/m10/s1. The number of hydrogen-bond donors (Lipinski definition) is 8. The minimum Gasteiger partial charge on any atom is -0.487 e. The first-order valence-electron chi connectivity index (χ1n) is 13.4. The van der Waals surface area contributed by atoms with Crippen LogP contribution in [0.3, 0.4) is 0 Å². The summed E-state index contributed by atoms with van der Waals surface area (Å²) in [5.41, 5.74) is 15.3. The Hall–Kier alpha value is -3.52. The maximum Gasteiger partial charge on any atom is 0.320 e. The number of aliphatic hydroxyl groups excluding tert-OH is 3. The molecule has 230 valence electrons. The normalized spacial score (nSPS) is 21.7. The molecule has 0 aliphatic heterocycles. The highest BCUT2D eigenvalue weighted by Gasteiger charge is 2.39. The molecular weight excluding hydrogens is 539 g/mol. The number of carboxylic acids is 2. The van der Waals surface area contributed by atoms with E-state index in [0.717, 1.165) is 0 Å². The van der Waals surface area contributed by atoms with Gasteiger partial charge in [0.1, 0.15) is 18.8 Å². The van der Waals surface area contributed by atoms with Crippen molar-refractivity contribution in [2.24, 2.45) is 34.0 Å². The van der Waals surface area contributed by atoms with E-state index >= 15 is 0 Å². The second-order valence-corrected chi connectivity index (χ2v) is 9.69. The summed E-state index contributed by atoms with van der Waals surface area (Å²) in [4.78, 5) is 24.4. The zero-order valence-electron chi connectivity index (χ0n) is 23.0. The van der Waals surface area contributed by atoms with Crippen molar-refractivity contribution >= 4 is 17.9 Å². The molecule has 0 saturated heterocycles. The van der Waals surface area contributed by atoms with Crippen molar-refractivity contribution in [1.29, 1.82) is 0 Å². The lowest BCUT2D eigenvalue weighted by molar-refractivity contribution is -0.139. The number of halogens is 1. The number of allylic oxidation sites excluding steroid dienone is 2. The third-order valence-corrected chi connectivity index (χ3v) is 6.34. The van der Waals surface area contributed by atoms with Crippen LogP contribution in [0.1, 0.15) is 44.9 Å². The summed E-state index contributed by atoms with van der Waals surface area (Å²) in [5, 5.41) is 47.5. The number of unbranched alkanes of at least 4 members (excludes halogenated alkanes) is 1. The molecule has 6 atom stereocenters. The average molecular weight is 583 g/mol. The Morgan fingerprint density at radius 1 is 1.12 bits per heavy atom. The number of carboxylic acid groups (broad SMARTS) is 2. The Labute approximate surface area is 239 Å². The number of carbonyl (C=O) groups is 2. The fourth-order valence-electron chi connectivity index (χ4n) is 4.14. The number of aliphatic hydroxyl groups is 3. The van der Waals surface area contributed by atoms with Gasteiger partial charge in [-0.2, -0.15) is 0 Å². The predicted molar refractivity (Wildman–Crippen MR) is 151 cm³/mol. The monoisotopic (exact) mass is 582 g/mol. The van der Waals surface area contributed by atoms with E-state index < -0.39 is 42.1 Å². The molecule has 0 radical (unpaired) electrons. The fourth-order valence-corrected chi connectivity index (χ4v) is 4.14. The molecule has 1 saturated carbocycles. The number of nitrogens with two attached hydrogens (primary N) is 3. The first-order chi connectivity index (χ1) is 19.4. The van der Waals surface area contributed by atoms with Gasteiger partial charge in [-0.3, -0.25) is 14.6 Å². The lowest BCUT2D eigenvalue weighted by Gasteiger charge is -2.19. The molecule has 11 N–H and O–H groups in total. The number of benzene rings is 1. The average Bonchev–Trinajstić information content (AvgIpc) is 3.18. The van der Waals surface area contributed by atoms with E-state index in [1.165, 1.54) is 18.2 Å².